The Balaban J connectivity index is 2.77. The number of hydrogen-bond donors (Lipinski definition) is 1. The standard InChI is InChI=1S/C10H10FN5O4S/c1-2-15-9(13-14-10(15)21(12,19)20)7-5-6(11)3-4-8(7)16(17)18/h3-5H,2H2,1H3,(H2,12,19,20). The number of primary sulfonamides is 1. The summed E-state index contributed by atoms with van der Waals surface area (Å²) in [5.41, 5.74) is -0.594. The average molecular weight is 315 g/mol. The summed E-state index contributed by atoms with van der Waals surface area (Å²) >= 11 is 0. The molecule has 9 nitrogen and oxygen atoms in total. The Kier molecular flexibility index (Phi) is 3.70. The molecule has 0 spiro atoms. The van der Waals surface area contributed by atoms with E-state index in [9.17, 15) is 22.9 Å². The van der Waals surface area contributed by atoms with Gasteiger partial charge < -0.3 is 0 Å². The molecule has 0 atom stereocenters. The van der Waals surface area contributed by atoms with E-state index in [0.29, 0.717) is 0 Å². The Morgan fingerprint density at radius 2 is 2.10 bits per heavy atom. The fourth-order valence-corrected chi connectivity index (χ4v) is 2.51. The summed E-state index contributed by atoms with van der Waals surface area (Å²) in [6.45, 7) is 1.66. The molecule has 1 aromatic heterocycles. The lowest BCUT2D eigenvalue weighted by Gasteiger charge is -2.06. The highest BCUT2D eigenvalue weighted by molar-refractivity contribution is 7.89. The summed E-state index contributed by atoms with van der Waals surface area (Å²) < 4.78 is 37.2. The number of nitro groups is 1. The third-order valence-corrected chi connectivity index (χ3v) is 3.49. The first kappa shape index (κ1) is 15.0. The molecule has 0 fully saturated rings. The number of hydrogen-bond acceptors (Lipinski definition) is 6. The fraction of sp³-hybridized carbons (Fsp3) is 0.200. The minimum atomic E-state index is -4.15. The van der Waals surface area contributed by atoms with Crippen LogP contribution in [0.15, 0.2) is 23.4 Å². The molecule has 2 aromatic rings. The van der Waals surface area contributed by atoms with Gasteiger partial charge in [0, 0.05) is 12.6 Å². The average Bonchev–Trinajstić information content (AvgIpc) is 2.81. The van der Waals surface area contributed by atoms with Gasteiger partial charge in [0.25, 0.3) is 20.9 Å². The van der Waals surface area contributed by atoms with Gasteiger partial charge >= 0.3 is 0 Å². The van der Waals surface area contributed by atoms with Crippen LogP contribution in [0.2, 0.25) is 0 Å². The SMILES string of the molecule is CCn1c(-c2cc(F)ccc2[N+](=O)[O-])nnc1S(N)(=O)=O. The molecular formula is C10H10FN5O4S. The first-order valence-corrected chi connectivity index (χ1v) is 7.20. The first-order valence-electron chi connectivity index (χ1n) is 5.66. The van der Waals surface area contributed by atoms with Gasteiger partial charge in [-0.25, -0.2) is 17.9 Å². The summed E-state index contributed by atoms with van der Waals surface area (Å²) in [7, 11) is -4.15. The summed E-state index contributed by atoms with van der Waals surface area (Å²) in [5.74, 6) is -0.869. The normalized spacial score (nSPS) is 11.6. The monoisotopic (exact) mass is 315 g/mol. The molecule has 2 rings (SSSR count). The van der Waals surface area contributed by atoms with Gasteiger partial charge in [-0.05, 0) is 19.1 Å². The maximum Gasteiger partial charge on any atom is 0.280 e. The minimum absolute atomic E-state index is 0.0851. The van der Waals surface area contributed by atoms with Crippen molar-refractivity contribution in [1.82, 2.24) is 14.8 Å². The van der Waals surface area contributed by atoms with Gasteiger partial charge in [-0.3, -0.25) is 14.7 Å². The van der Waals surface area contributed by atoms with E-state index < -0.39 is 31.6 Å². The molecule has 11 heteroatoms. The number of rotatable bonds is 4. The highest BCUT2D eigenvalue weighted by atomic mass is 32.2. The van der Waals surface area contributed by atoms with Gasteiger partial charge in [0.2, 0.25) is 0 Å². The van der Waals surface area contributed by atoms with Crippen molar-refractivity contribution in [2.24, 2.45) is 5.14 Å². The third kappa shape index (κ3) is 2.73. The second-order valence-corrected chi connectivity index (χ2v) is 5.47. The van der Waals surface area contributed by atoms with Gasteiger partial charge in [0.05, 0.1) is 10.5 Å². The maximum atomic E-state index is 13.3. The van der Waals surface area contributed by atoms with E-state index >= 15 is 0 Å². The molecule has 0 saturated heterocycles. The Bertz CT molecular complexity index is 817. The quantitative estimate of drug-likeness (QED) is 0.650. The van der Waals surface area contributed by atoms with Crippen molar-refractivity contribution in [3.8, 4) is 11.4 Å². The van der Waals surface area contributed by atoms with Crippen molar-refractivity contribution in [3.63, 3.8) is 0 Å². The summed E-state index contributed by atoms with van der Waals surface area (Å²) in [6, 6.07) is 2.78. The van der Waals surface area contributed by atoms with Gasteiger partial charge in [-0.2, -0.15) is 0 Å². The summed E-state index contributed by atoms with van der Waals surface area (Å²) in [5, 5.41) is 22.5. The maximum absolute atomic E-state index is 13.3. The van der Waals surface area contributed by atoms with Crippen LogP contribution in [0.1, 0.15) is 6.92 Å². The van der Waals surface area contributed by atoms with Crippen LogP contribution in [0.4, 0.5) is 10.1 Å². The number of aromatic nitrogens is 3. The number of halogens is 1. The van der Waals surface area contributed by atoms with Gasteiger partial charge in [-0.15, -0.1) is 10.2 Å². The lowest BCUT2D eigenvalue weighted by Crippen LogP contribution is -2.18. The van der Waals surface area contributed by atoms with E-state index in [1.54, 1.807) is 6.92 Å². The first-order chi connectivity index (χ1) is 9.75. The van der Waals surface area contributed by atoms with E-state index in [0.717, 1.165) is 22.8 Å². The van der Waals surface area contributed by atoms with Crippen molar-refractivity contribution in [2.75, 3.05) is 0 Å². The molecule has 0 aliphatic heterocycles. The molecule has 0 unspecified atom stereocenters. The van der Waals surface area contributed by atoms with Crippen LogP contribution in [0.25, 0.3) is 11.4 Å². The number of nitrogens with two attached hydrogens (primary N) is 1. The topological polar surface area (TPSA) is 134 Å². The van der Waals surface area contributed by atoms with Crippen LogP contribution in [-0.4, -0.2) is 28.1 Å². The summed E-state index contributed by atoms with van der Waals surface area (Å²) in [6.07, 6.45) is 0. The van der Waals surface area contributed by atoms with Crippen molar-refractivity contribution in [3.05, 3.63) is 34.1 Å². The molecule has 0 aliphatic carbocycles. The molecule has 0 bridgehead atoms. The van der Waals surface area contributed by atoms with Crippen molar-refractivity contribution in [1.29, 1.82) is 0 Å². The number of sulfonamides is 1. The van der Waals surface area contributed by atoms with E-state index in [2.05, 4.69) is 10.2 Å². The lowest BCUT2D eigenvalue weighted by molar-refractivity contribution is -0.384. The van der Waals surface area contributed by atoms with Gasteiger partial charge in [-0.1, -0.05) is 0 Å². The largest absolute Gasteiger partial charge is 0.297 e. The highest BCUT2D eigenvalue weighted by Crippen LogP contribution is 2.30. The zero-order chi connectivity index (χ0) is 15.8. The number of nitro benzene ring substituents is 1. The lowest BCUT2D eigenvalue weighted by atomic mass is 10.1. The van der Waals surface area contributed by atoms with Gasteiger partial charge in [0.1, 0.15) is 5.82 Å². The molecule has 112 valence electrons. The van der Waals surface area contributed by atoms with Gasteiger partial charge in [0.15, 0.2) is 5.82 Å². The molecule has 0 aliphatic rings. The molecule has 21 heavy (non-hydrogen) atoms. The molecule has 2 N–H and O–H groups in total. The van der Waals surface area contributed by atoms with Crippen LogP contribution >= 0.6 is 0 Å². The zero-order valence-corrected chi connectivity index (χ0v) is 11.5. The molecule has 1 aromatic carbocycles. The second kappa shape index (κ2) is 5.18. The van der Waals surface area contributed by atoms with E-state index in [1.807, 2.05) is 0 Å². The Morgan fingerprint density at radius 3 is 2.62 bits per heavy atom. The van der Waals surface area contributed by atoms with Crippen LogP contribution in [0, 0.1) is 15.9 Å². The highest BCUT2D eigenvalue weighted by Gasteiger charge is 2.26. The second-order valence-electron chi connectivity index (χ2n) is 4.01. The zero-order valence-electron chi connectivity index (χ0n) is 10.7. The predicted molar refractivity (Wildman–Crippen MR) is 69.1 cm³/mol. The van der Waals surface area contributed by atoms with Crippen molar-refractivity contribution in [2.45, 2.75) is 18.6 Å². The van der Waals surface area contributed by atoms with Crippen LogP contribution in [0.5, 0.6) is 0 Å². The Hall–Kier alpha value is -2.40. The third-order valence-electron chi connectivity index (χ3n) is 2.68. The van der Waals surface area contributed by atoms with E-state index in [4.69, 9.17) is 5.14 Å². The predicted octanol–water partition coefficient (Wildman–Crippen LogP) is 0.660. The fourth-order valence-electron chi connectivity index (χ4n) is 1.83. The van der Waals surface area contributed by atoms with Crippen LogP contribution in [0.3, 0.4) is 0 Å². The van der Waals surface area contributed by atoms with E-state index in [-0.39, 0.29) is 17.9 Å². The minimum Gasteiger partial charge on any atom is -0.297 e. The van der Waals surface area contributed by atoms with Crippen molar-refractivity contribution >= 4 is 15.7 Å². The Morgan fingerprint density at radius 1 is 1.43 bits per heavy atom. The Labute approximate surface area is 118 Å². The molecule has 1 heterocycles. The summed E-state index contributed by atoms with van der Waals surface area (Å²) in [4.78, 5) is 10.3. The number of benzene rings is 1. The van der Waals surface area contributed by atoms with Crippen molar-refractivity contribution < 1.29 is 17.7 Å². The molecule has 0 radical (unpaired) electrons. The molecule has 0 saturated carbocycles. The smallest absolute Gasteiger partial charge is 0.280 e. The van der Waals surface area contributed by atoms with E-state index in [1.165, 1.54) is 0 Å². The molecular weight excluding hydrogens is 305 g/mol. The van der Waals surface area contributed by atoms with Crippen LogP contribution in [-0.2, 0) is 16.6 Å². The molecule has 0 amide bonds. The van der Waals surface area contributed by atoms with Crippen LogP contribution < -0.4 is 5.14 Å². The number of nitrogens with zero attached hydrogens (tertiary/aromatic N) is 4.